The zero-order chi connectivity index (χ0) is 17.2. The molecular formula is C23H22N2. The first-order valence-corrected chi connectivity index (χ1v) is 8.94. The molecule has 2 heterocycles. The predicted molar refractivity (Wildman–Crippen MR) is 106 cm³/mol. The summed E-state index contributed by atoms with van der Waals surface area (Å²) in [6.45, 7) is 4.51. The molecule has 0 bridgehead atoms. The lowest BCUT2D eigenvalue weighted by Crippen LogP contribution is -1.95. The summed E-state index contributed by atoms with van der Waals surface area (Å²) in [6, 6.07) is 21.3. The molecule has 0 unspecified atom stereocenters. The SMILES string of the molecule is CC(C)CCc1ccc2cc(-c3ccnc4ccccc34)ccc2n1. The molecule has 4 aromatic rings. The monoisotopic (exact) mass is 326 g/mol. The second-order valence-corrected chi connectivity index (χ2v) is 7.02. The van der Waals surface area contributed by atoms with Gasteiger partial charge < -0.3 is 0 Å². The van der Waals surface area contributed by atoms with E-state index in [-0.39, 0.29) is 0 Å². The Morgan fingerprint density at radius 1 is 0.880 bits per heavy atom. The van der Waals surface area contributed by atoms with E-state index in [1.165, 1.54) is 34.0 Å². The first-order chi connectivity index (χ1) is 12.2. The highest BCUT2D eigenvalue weighted by Crippen LogP contribution is 2.29. The maximum Gasteiger partial charge on any atom is 0.0708 e. The van der Waals surface area contributed by atoms with E-state index < -0.39 is 0 Å². The Kier molecular flexibility index (Phi) is 4.19. The number of nitrogens with zero attached hydrogens (tertiary/aromatic N) is 2. The quantitative estimate of drug-likeness (QED) is 0.457. The maximum atomic E-state index is 4.83. The van der Waals surface area contributed by atoms with Gasteiger partial charge in [-0.05, 0) is 60.2 Å². The van der Waals surface area contributed by atoms with Crippen molar-refractivity contribution in [1.82, 2.24) is 9.97 Å². The minimum absolute atomic E-state index is 0.708. The van der Waals surface area contributed by atoms with Crippen molar-refractivity contribution in [3.05, 3.63) is 72.6 Å². The standard InChI is InChI=1S/C23H22N2/c1-16(2)7-10-19-11-8-18-15-17(9-12-22(18)25-19)20-13-14-24-23-6-4-3-5-21(20)23/h3-6,8-9,11-16H,7,10H2,1-2H3. The number of aromatic nitrogens is 2. The fourth-order valence-electron chi connectivity index (χ4n) is 3.26. The zero-order valence-corrected chi connectivity index (χ0v) is 14.7. The lowest BCUT2D eigenvalue weighted by atomic mass is 9.99. The molecular weight excluding hydrogens is 304 g/mol. The number of benzene rings is 2. The number of aryl methyl sites for hydroxylation is 1. The largest absolute Gasteiger partial charge is 0.256 e. The van der Waals surface area contributed by atoms with Gasteiger partial charge in [0.25, 0.3) is 0 Å². The second kappa shape index (κ2) is 6.64. The van der Waals surface area contributed by atoms with Crippen LogP contribution in [-0.4, -0.2) is 9.97 Å². The van der Waals surface area contributed by atoms with Gasteiger partial charge in [-0.1, -0.05) is 44.2 Å². The summed E-state index contributed by atoms with van der Waals surface area (Å²) in [5, 5.41) is 2.37. The summed E-state index contributed by atoms with van der Waals surface area (Å²) in [4.78, 5) is 9.30. The molecule has 25 heavy (non-hydrogen) atoms. The Morgan fingerprint density at radius 2 is 1.76 bits per heavy atom. The molecule has 0 amide bonds. The van der Waals surface area contributed by atoms with Crippen LogP contribution in [-0.2, 0) is 6.42 Å². The van der Waals surface area contributed by atoms with E-state index in [1.54, 1.807) is 0 Å². The Balaban J connectivity index is 1.75. The molecule has 4 rings (SSSR count). The van der Waals surface area contributed by atoms with Gasteiger partial charge in [0.15, 0.2) is 0 Å². The van der Waals surface area contributed by atoms with Crippen LogP contribution in [0.5, 0.6) is 0 Å². The molecule has 0 aliphatic carbocycles. The van der Waals surface area contributed by atoms with Crippen LogP contribution in [0.4, 0.5) is 0 Å². The first kappa shape index (κ1) is 15.8. The molecule has 0 atom stereocenters. The van der Waals surface area contributed by atoms with Gasteiger partial charge in [0.1, 0.15) is 0 Å². The minimum atomic E-state index is 0.708. The van der Waals surface area contributed by atoms with Crippen molar-refractivity contribution in [3.8, 4) is 11.1 Å². The molecule has 0 aliphatic heterocycles. The highest BCUT2D eigenvalue weighted by molar-refractivity contribution is 5.96. The Labute approximate surface area is 148 Å². The first-order valence-electron chi connectivity index (χ1n) is 8.94. The average Bonchev–Trinajstić information content (AvgIpc) is 2.65. The second-order valence-electron chi connectivity index (χ2n) is 7.02. The molecule has 0 fully saturated rings. The number of hydrogen-bond donors (Lipinski definition) is 0. The van der Waals surface area contributed by atoms with E-state index in [0.717, 1.165) is 17.5 Å². The summed E-state index contributed by atoms with van der Waals surface area (Å²) >= 11 is 0. The van der Waals surface area contributed by atoms with Crippen molar-refractivity contribution in [2.45, 2.75) is 26.7 Å². The Morgan fingerprint density at radius 3 is 2.64 bits per heavy atom. The van der Waals surface area contributed by atoms with Crippen molar-refractivity contribution < 1.29 is 0 Å². The van der Waals surface area contributed by atoms with Gasteiger partial charge in [0.05, 0.1) is 11.0 Å². The van der Waals surface area contributed by atoms with Crippen LogP contribution >= 0.6 is 0 Å². The van der Waals surface area contributed by atoms with Crippen molar-refractivity contribution in [2.75, 3.05) is 0 Å². The Hall–Kier alpha value is -2.74. The van der Waals surface area contributed by atoms with Gasteiger partial charge in [-0.3, -0.25) is 9.97 Å². The summed E-state index contributed by atoms with van der Waals surface area (Å²) in [6.07, 6.45) is 4.11. The Bertz CT molecular complexity index is 1030. The molecule has 2 aromatic heterocycles. The van der Waals surface area contributed by atoms with Crippen LogP contribution in [0.1, 0.15) is 26.0 Å². The van der Waals surface area contributed by atoms with Crippen molar-refractivity contribution in [1.29, 1.82) is 0 Å². The molecule has 2 aromatic carbocycles. The molecule has 2 nitrogen and oxygen atoms in total. The molecule has 0 N–H and O–H groups in total. The lowest BCUT2D eigenvalue weighted by Gasteiger charge is -2.09. The van der Waals surface area contributed by atoms with Crippen molar-refractivity contribution in [2.24, 2.45) is 5.92 Å². The molecule has 124 valence electrons. The molecule has 0 radical (unpaired) electrons. The summed E-state index contributed by atoms with van der Waals surface area (Å²) in [5.74, 6) is 0.708. The van der Waals surface area contributed by atoms with Crippen LogP contribution in [0, 0.1) is 5.92 Å². The van der Waals surface area contributed by atoms with E-state index in [9.17, 15) is 0 Å². The van der Waals surface area contributed by atoms with E-state index in [4.69, 9.17) is 4.98 Å². The molecule has 0 aliphatic rings. The summed E-state index contributed by atoms with van der Waals surface area (Å²) < 4.78 is 0. The summed E-state index contributed by atoms with van der Waals surface area (Å²) in [5.41, 5.74) is 5.72. The van der Waals surface area contributed by atoms with E-state index in [2.05, 4.69) is 73.4 Å². The fourth-order valence-corrected chi connectivity index (χ4v) is 3.26. The highest BCUT2D eigenvalue weighted by Gasteiger charge is 2.06. The lowest BCUT2D eigenvalue weighted by molar-refractivity contribution is 0.582. The highest BCUT2D eigenvalue weighted by atomic mass is 14.7. The van der Waals surface area contributed by atoms with Crippen LogP contribution < -0.4 is 0 Å². The normalized spacial score (nSPS) is 11.5. The van der Waals surface area contributed by atoms with Gasteiger partial charge in [0.2, 0.25) is 0 Å². The van der Waals surface area contributed by atoms with Gasteiger partial charge >= 0.3 is 0 Å². The van der Waals surface area contributed by atoms with E-state index >= 15 is 0 Å². The van der Waals surface area contributed by atoms with Crippen molar-refractivity contribution >= 4 is 21.8 Å². The van der Waals surface area contributed by atoms with Gasteiger partial charge in [0, 0.05) is 22.7 Å². The van der Waals surface area contributed by atoms with Crippen LogP contribution in [0.2, 0.25) is 0 Å². The van der Waals surface area contributed by atoms with Crippen molar-refractivity contribution in [3.63, 3.8) is 0 Å². The molecule has 0 saturated heterocycles. The number of rotatable bonds is 4. The third-order valence-corrected chi connectivity index (χ3v) is 4.68. The van der Waals surface area contributed by atoms with E-state index in [1.807, 2.05) is 12.3 Å². The minimum Gasteiger partial charge on any atom is -0.256 e. The van der Waals surface area contributed by atoms with Crippen LogP contribution in [0.3, 0.4) is 0 Å². The summed E-state index contributed by atoms with van der Waals surface area (Å²) in [7, 11) is 0. The third kappa shape index (κ3) is 3.25. The molecule has 2 heteroatoms. The smallest absolute Gasteiger partial charge is 0.0708 e. The number of fused-ring (bicyclic) bond motifs is 2. The van der Waals surface area contributed by atoms with Gasteiger partial charge in [-0.15, -0.1) is 0 Å². The topological polar surface area (TPSA) is 25.8 Å². The number of hydrogen-bond acceptors (Lipinski definition) is 2. The number of pyridine rings is 2. The molecule has 0 saturated carbocycles. The van der Waals surface area contributed by atoms with Gasteiger partial charge in [-0.2, -0.15) is 0 Å². The van der Waals surface area contributed by atoms with Gasteiger partial charge in [-0.25, -0.2) is 0 Å². The zero-order valence-electron chi connectivity index (χ0n) is 14.7. The maximum absolute atomic E-state index is 4.83. The van der Waals surface area contributed by atoms with E-state index in [0.29, 0.717) is 5.92 Å². The van der Waals surface area contributed by atoms with Crippen LogP contribution in [0.25, 0.3) is 32.9 Å². The third-order valence-electron chi connectivity index (χ3n) is 4.68. The van der Waals surface area contributed by atoms with Crippen LogP contribution in [0.15, 0.2) is 66.9 Å². The average molecular weight is 326 g/mol. The fraction of sp³-hybridized carbons (Fsp3) is 0.217. The molecule has 0 spiro atoms. The number of para-hydroxylation sites is 1. The predicted octanol–water partition coefficient (Wildman–Crippen LogP) is 6.04.